The van der Waals surface area contributed by atoms with Gasteiger partial charge in [-0.05, 0) is 24.3 Å². The number of hydrogen-bond acceptors (Lipinski definition) is 3. The van der Waals surface area contributed by atoms with Gasteiger partial charge < -0.3 is 5.73 Å². The van der Waals surface area contributed by atoms with E-state index in [2.05, 4.69) is 5.32 Å². The second-order valence-corrected chi connectivity index (χ2v) is 3.00. The molecule has 1 saturated heterocycles. The molecule has 0 bridgehead atoms. The lowest BCUT2D eigenvalue weighted by Crippen LogP contribution is -2.25. The van der Waals surface area contributed by atoms with Crippen molar-refractivity contribution in [2.24, 2.45) is 0 Å². The highest BCUT2D eigenvalue weighted by Gasteiger charge is 2.20. The van der Waals surface area contributed by atoms with Gasteiger partial charge in [0.2, 0.25) is 5.91 Å². The zero-order chi connectivity index (χ0) is 9.26. The largest absolute Gasteiger partial charge is 0.399 e. The summed E-state index contributed by atoms with van der Waals surface area (Å²) in [4.78, 5) is 13.0. The summed E-state index contributed by atoms with van der Waals surface area (Å²) in [5.74, 6) is 0.102. The van der Waals surface area contributed by atoms with Gasteiger partial charge in [-0.2, -0.15) is 0 Å². The molecule has 1 fully saturated rings. The number of carbonyl (C=O) groups is 1. The Bertz CT molecular complexity index is 320. The van der Waals surface area contributed by atoms with Crippen LogP contribution in [-0.2, 0) is 4.79 Å². The number of nitrogen functional groups attached to an aromatic ring is 1. The van der Waals surface area contributed by atoms with E-state index in [-0.39, 0.29) is 5.91 Å². The van der Waals surface area contributed by atoms with Crippen molar-refractivity contribution in [3.63, 3.8) is 0 Å². The van der Waals surface area contributed by atoms with Crippen LogP contribution >= 0.6 is 0 Å². The Morgan fingerprint density at radius 2 is 2.00 bits per heavy atom. The third-order valence-electron chi connectivity index (χ3n) is 2.05. The lowest BCUT2D eigenvalue weighted by molar-refractivity contribution is -0.116. The van der Waals surface area contributed by atoms with Crippen LogP contribution in [0.25, 0.3) is 0 Å². The molecular formula is C9H11N3O. The van der Waals surface area contributed by atoms with Gasteiger partial charge in [-0.1, -0.05) is 0 Å². The summed E-state index contributed by atoms with van der Waals surface area (Å²) in [5.41, 5.74) is 7.15. The number of hydrogen-bond donors (Lipinski definition) is 2. The average molecular weight is 177 g/mol. The summed E-state index contributed by atoms with van der Waals surface area (Å²) in [6.45, 7) is 1.01. The highest BCUT2D eigenvalue weighted by Crippen LogP contribution is 2.17. The van der Waals surface area contributed by atoms with Crippen molar-refractivity contribution in [3.05, 3.63) is 24.3 Å². The third-order valence-corrected chi connectivity index (χ3v) is 2.05. The van der Waals surface area contributed by atoms with Gasteiger partial charge in [-0.15, -0.1) is 0 Å². The van der Waals surface area contributed by atoms with Crippen molar-refractivity contribution in [1.82, 2.24) is 5.32 Å². The Kier molecular flexibility index (Phi) is 1.90. The summed E-state index contributed by atoms with van der Waals surface area (Å²) < 4.78 is 0. The summed E-state index contributed by atoms with van der Waals surface area (Å²) in [6, 6.07) is 7.28. The monoisotopic (exact) mass is 177 g/mol. The van der Waals surface area contributed by atoms with Crippen LogP contribution in [0.3, 0.4) is 0 Å². The maximum atomic E-state index is 11.3. The van der Waals surface area contributed by atoms with Crippen LogP contribution in [0.1, 0.15) is 0 Å². The molecule has 0 saturated carbocycles. The molecule has 1 aromatic rings. The second kappa shape index (κ2) is 3.06. The van der Waals surface area contributed by atoms with Gasteiger partial charge in [-0.3, -0.25) is 15.0 Å². The topological polar surface area (TPSA) is 58.4 Å². The molecule has 0 atom stereocenters. The van der Waals surface area contributed by atoms with Gasteiger partial charge in [0.15, 0.2) is 0 Å². The smallest absolute Gasteiger partial charge is 0.242 e. The molecule has 0 spiro atoms. The molecular weight excluding hydrogens is 166 g/mol. The number of benzene rings is 1. The quantitative estimate of drug-likeness (QED) is 0.601. The van der Waals surface area contributed by atoms with Crippen LogP contribution in [0.4, 0.5) is 11.4 Å². The Labute approximate surface area is 76.3 Å². The minimum atomic E-state index is 0.102. The Hall–Kier alpha value is -1.55. The van der Waals surface area contributed by atoms with E-state index < -0.39 is 0 Å². The van der Waals surface area contributed by atoms with E-state index in [1.165, 1.54) is 0 Å². The molecule has 4 heteroatoms. The molecule has 2 rings (SSSR count). The van der Waals surface area contributed by atoms with Crippen LogP contribution in [0.5, 0.6) is 0 Å². The van der Waals surface area contributed by atoms with Gasteiger partial charge in [0, 0.05) is 11.4 Å². The number of nitrogens with one attached hydrogen (secondary N) is 1. The first kappa shape index (κ1) is 8.07. The normalized spacial score (nSPS) is 16.6. The fourth-order valence-corrected chi connectivity index (χ4v) is 1.35. The summed E-state index contributed by atoms with van der Waals surface area (Å²) in [5, 5.41) is 2.98. The van der Waals surface area contributed by atoms with Crippen LogP contribution in [0.15, 0.2) is 24.3 Å². The van der Waals surface area contributed by atoms with Crippen LogP contribution in [-0.4, -0.2) is 19.1 Å². The van der Waals surface area contributed by atoms with Crippen LogP contribution < -0.4 is 16.0 Å². The maximum absolute atomic E-state index is 11.3. The zero-order valence-corrected chi connectivity index (χ0v) is 7.16. The van der Waals surface area contributed by atoms with Gasteiger partial charge >= 0.3 is 0 Å². The molecule has 1 heterocycles. The molecule has 1 aromatic carbocycles. The number of carbonyl (C=O) groups excluding carboxylic acids is 1. The van der Waals surface area contributed by atoms with Crippen molar-refractivity contribution in [2.45, 2.75) is 0 Å². The van der Waals surface area contributed by atoms with Crippen molar-refractivity contribution >= 4 is 17.3 Å². The summed E-state index contributed by atoms with van der Waals surface area (Å²) in [7, 11) is 0. The molecule has 13 heavy (non-hydrogen) atoms. The fourth-order valence-electron chi connectivity index (χ4n) is 1.35. The van der Waals surface area contributed by atoms with E-state index >= 15 is 0 Å². The lowest BCUT2D eigenvalue weighted by Gasteiger charge is -2.14. The molecule has 3 N–H and O–H groups in total. The highest BCUT2D eigenvalue weighted by atomic mass is 16.2. The number of rotatable bonds is 1. The minimum absolute atomic E-state index is 0.102. The highest BCUT2D eigenvalue weighted by molar-refractivity contribution is 5.96. The summed E-state index contributed by atoms with van der Waals surface area (Å²) >= 11 is 0. The molecule has 0 aromatic heterocycles. The zero-order valence-electron chi connectivity index (χ0n) is 7.16. The van der Waals surface area contributed by atoms with Gasteiger partial charge in [0.05, 0.1) is 13.2 Å². The van der Waals surface area contributed by atoms with Gasteiger partial charge in [0.25, 0.3) is 0 Å². The lowest BCUT2D eigenvalue weighted by atomic mass is 10.2. The molecule has 1 aliphatic heterocycles. The first-order valence-electron chi connectivity index (χ1n) is 4.14. The molecule has 1 amide bonds. The molecule has 68 valence electrons. The number of anilines is 2. The summed E-state index contributed by atoms with van der Waals surface area (Å²) in [6.07, 6.45) is 0. The SMILES string of the molecule is Nc1ccc(N2CNCC2=O)cc1. The molecule has 0 aliphatic carbocycles. The second-order valence-electron chi connectivity index (χ2n) is 3.00. The van der Waals surface area contributed by atoms with Crippen molar-refractivity contribution in [1.29, 1.82) is 0 Å². The maximum Gasteiger partial charge on any atom is 0.242 e. The number of nitrogens with zero attached hydrogens (tertiary/aromatic N) is 1. The van der Waals surface area contributed by atoms with E-state index in [0.29, 0.717) is 18.9 Å². The molecule has 1 aliphatic rings. The Balaban J connectivity index is 2.25. The van der Waals surface area contributed by atoms with E-state index in [1.54, 1.807) is 17.0 Å². The van der Waals surface area contributed by atoms with Crippen molar-refractivity contribution in [3.8, 4) is 0 Å². The first-order chi connectivity index (χ1) is 6.27. The van der Waals surface area contributed by atoms with E-state index in [1.807, 2.05) is 12.1 Å². The predicted octanol–water partition coefficient (Wildman–Crippen LogP) is 0.162. The Morgan fingerprint density at radius 3 is 2.54 bits per heavy atom. The van der Waals surface area contributed by atoms with Crippen molar-refractivity contribution < 1.29 is 4.79 Å². The Morgan fingerprint density at radius 1 is 1.31 bits per heavy atom. The molecule has 4 nitrogen and oxygen atoms in total. The molecule has 0 radical (unpaired) electrons. The van der Waals surface area contributed by atoms with Crippen LogP contribution in [0, 0.1) is 0 Å². The fraction of sp³-hybridized carbons (Fsp3) is 0.222. The number of nitrogens with two attached hydrogens (primary N) is 1. The van der Waals surface area contributed by atoms with E-state index in [4.69, 9.17) is 5.73 Å². The van der Waals surface area contributed by atoms with Gasteiger partial charge in [0.1, 0.15) is 0 Å². The number of amides is 1. The van der Waals surface area contributed by atoms with Crippen LogP contribution in [0.2, 0.25) is 0 Å². The van der Waals surface area contributed by atoms with Crippen molar-refractivity contribution in [2.75, 3.05) is 23.8 Å². The molecule has 0 unspecified atom stereocenters. The van der Waals surface area contributed by atoms with Gasteiger partial charge in [-0.25, -0.2) is 0 Å². The predicted molar refractivity (Wildman–Crippen MR) is 51.2 cm³/mol. The van der Waals surface area contributed by atoms with E-state index in [0.717, 1.165) is 5.69 Å². The first-order valence-corrected chi connectivity index (χ1v) is 4.14. The van der Waals surface area contributed by atoms with E-state index in [9.17, 15) is 4.79 Å². The standard InChI is InChI=1S/C9H11N3O/c10-7-1-3-8(4-2-7)12-6-11-5-9(12)13/h1-4,11H,5-6,10H2. The minimum Gasteiger partial charge on any atom is -0.399 e. The third kappa shape index (κ3) is 1.48. The average Bonchev–Trinajstić information content (AvgIpc) is 2.53.